The quantitative estimate of drug-likeness (QED) is 0.463. The van der Waals surface area contributed by atoms with Crippen LogP contribution in [0.5, 0.6) is 0 Å². The maximum absolute atomic E-state index is 12.9. The summed E-state index contributed by atoms with van der Waals surface area (Å²) in [4.78, 5) is 27.3. The summed E-state index contributed by atoms with van der Waals surface area (Å²) in [5.74, 6) is 4.90. The van der Waals surface area contributed by atoms with E-state index in [0.717, 1.165) is 31.5 Å². The van der Waals surface area contributed by atoms with E-state index in [9.17, 15) is 22.8 Å². The lowest BCUT2D eigenvalue weighted by Gasteiger charge is -2.30. The van der Waals surface area contributed by atoms with Crippen LogP contribution < -0.4 is 5.32 Å². The van der Waals surface area contributed by atoms with E-state index < -0.39 is 17.5 Å². The number of Topliss-reactive ketones (excluding diaryl/α,β-unsaturated/α-hetero) is 1. The van der Waals surface area contributed by atoms with E-state index in [0.29, 0.717) is 19.2 Å². The number of hydrogen-bond acceptors (Lipinski definition) is 4. The summed E-state index contributed by atoms with van der Waals surface area (Å²) in [7, 11) is 0. The number of rotatable bonds is 8. The molecule has 1 aliphatic carbocycles. The van der Waals surface area contributed by atoms with Crippen LogP contribution in [0, 0.1) is 11.8 Å². The fourth-order valence-electron chi connectivity index (χ4n) is 4.60. The first-order valence-corrected chi connectivity index (χ1v) is 11.5. The summed E-state index contributed by atoms with van der Waals surface area (Å²) >= 11 is 0. The number of benzene rings is 1. The Morgan fingerprint density at radius 2 is 1.91 bits per heavy atom. The normalized spacial score (nSPS) is 21.9. The molecule has 33 heavy (non-hydrogen) atoms. The van der Waals surface area contributed by atoms with Gasteiger partial charge in [0.25, 0.3) is 0 Å². The maximum Gasteiger partial charge on any atom is 0.416 e. The minimum absolute atomic E-state index is 0.0404. The average Bonchev–Trinajstić information content (AvgIpc) is 3.20. The van der Waals surface area contributed by atoms with Gasteiger partial charge in [0, 0.05) is 37.5 Å². The number of halogens is 3. The molecule has 2 fully saturated rings. The molecule has 1 amide bonds. The first-order chi connectivity index (χ1) is 15.8. The smallest absolute Gasteiger partial charge is 0.362 e. The number of carbonyl (C=O) groups excluding carboxylic acids is 2. The van der Waals surface area contributed by atoms with Crippen LogP contribution in [0.15, 0.2) is 24.3 Å². The second kappa shape index (κ2) is 11.7. The number of amides is 1. The van der Waals surface area contributed by atoms with Crippen LogP contribution in [0.1, 0.15) is 67.8 Å². The van der Waals surface area contributed by atoms with Gasteiger partial charge in [0.05, 0.1) is 17.7 Å². The van der Waals surface area contributed by atoms with Gasteiger partial charge in [-0.1, -0.05) is 37.3 Å². The zero-order valence-corrected chi connectivity index (χ0v) is 18.9. The van der Waals surface area contributed by atoms with Crippen LogP contribution in [0.25, 0.3) is 0 Å². The molecule has 1 heterocycles. The van der Waals surface area contributed by atoms with Gasteiger partial charge < -0.3 is 10.1 Å². The summed E-state index contributed by atoms with van der Waals surface area (Å²) in [5, 5.41) is 2.98. The molecule has 0 unspecified atom stereocenters. The molecule has 1 saturated heterocycles. The Kier molecular flexibility index (Phi) is 8.93. The molecule has 180 valence electrons. The minimum atomic E-state index is -4.52. The van der Waals surface area contributed by atoms with E-state index in [2.05, 4.69) is 22.1 Å². The van der Waals surface area contributed by atoms with Crippen LogP contribution in [0.2, 0.25) is 0 Å². The van der Waals surface area contributed by atoms with Crippen molar-refractivity contribution in [2.45, 2.75) is 76.2 Å². The molecule has 2 atom stereocenters. The van der Waals surface area contributed by atoms with E-state index in [-0.39, 0.29) is 36.5 Å². The molecule has 8 heteroatoms. The third kappa shape index (κ3) is 7.31. The average molecular weight is 465 g/mol. The molecule has 2 aliphatic rings. The van der Waals surface area contributed by atoms with Crippen molar-refractivity contribution in [2.24, 2.45) is 0 Å². The van der Waals surface area contributed by atoms with Crippen LogP contribution in [-0.2, 0) is 15.7 Å². The zero-order valence-electron chi connectivity index (χ0n) is 18.9. The van der Waals surface area contributed by atoms with Gasteiger partial charge in [-0.25, -0.2) is 0 Å². The number of nitrogens with one attached hydrogen (secondary N) is 1. The topological polar surface area (TPSA) is 58.6 Å². The molecule has 5 nitrogen and oxygen atoms in total. The molecule has 0 spiro atoms. The third-order valence-electron chi connectivity index (χ3n) is 6.37. The molecule has 1 aromatic rings. The second-order valence-electron chi connectivity index (χ2n) is 8.70. The predicted octanol–water partition coefficient (Wildman–Crippen LogP) is 4.21. The summed E-state index contributed by atoms with van der Waals surface area (Å²) in [6, 6.07) is 4.58. The fourth-order valence-corrected chi connectivity index (χ4v) is 4.60. The lowest BCUT2D eigenvalue weighted by molar-refractivity contribution is -0.137. The Labute approximate surface area is 193 Å². The van der Waals surface area contributed by atoms with E-state index in [4.69, 9.17) is 4.74 Å². The van der Waals surface area contributed by atoms with E-state index in [1.54, 1.807) is 6.92 Å². The highest BCUT2D eigenvalue weighted by Crippen LogP contribution is 2.30. The van der Waals surface area contributed by atoms with Gasteiger partial charge in [-0.3, -0.25) is 14.5 Å². The first kappa shape index (κ1) is 25.3. The van der Waals surface area contributed by atoms with Crippen LogP contribution in [-0.4, -0.2) is 54.5 Å². The Balaban J connectivity index is 1.55. The number of hydrogen-bond donors (Lipinski definition) is 1. The summed E-state index contributed by atoms with van der Waals surface area (Å²) in [6.45, 7) is 3.44. The lowest BCUT2D eigenvalue weighted by Crippen LogP contribution is -2.44. The molecule has 3 rings (SSSR count). The molecule has 1 aromatic carbocycles. The molecule has 0 bridgehead atoms. The van der Waals surface area contributed by atoms with E-state index in [1.165, 1.54) is 31.4 Å². The largest absolute Gasteiger partial charge is 0.416 e. The Morgan fingerprint density at radius 1 is 1.15 bits per heavy atom. The van der Waals surface area contributed by atoms with Crippen molar-refractivity contribution in [2.75, 3.05) is 19.7 Å². The first-order valence-electron chi connectivity index (χ1n) is 11.5. The standard InChI is InChI=1S/C25H31F3N2O3/c1-2-3-14-33-23-17-30(20-10-5-4-6-11-20)16-21(23)29-24(32)13-12-22(31)18-8-7-9-19(15-18)25(26,27)28/h7-9,15,20-21,23H,4-6,10-14,16-17H2,1H3,(H,29,32)/t21-,23-/m0/s1. The Morgan fingerprint density at radius 3 is 2.61 bits per heavy atom. The molecule has 1 N–H and O–H groups in total. The van der Waals surface area contributed by atoms with Crippen molar-refractivity contribution in [1.29, 1.82) is 0 Å². The van der Waals surface area contributed by atoms with Gasteiger partial charge in [-0.05, 0) is 31.9 Å². The highest BCUT2D eigenvalue weighted by atomic mass is 19.4. The molecular weight excluding hydrogens is 433 g/mol. The molecule has 1 saturated carbocycles. The van der Waals surface area contributed by atoms with Gasteiger partial charge in [0.15, 0.2) is 5.78 Å². The molecule has 0 radical (unpaired) electrons. The van der Waals surface area contributed by atoms with Gasteiger partial charge in [-0.15, -0.1) is 5.92 Å². The number of nitrogens with zero attached hydrogens (tertiary/aromatic N) is 1. The van der Waals surface area contributed by atoms with E-state index >= 15 is 0 Å². The van der Waals surface area contributed by atoms with Gasteiger partial charge in [0.1, 0.15) is 6.61 Å². The Bertz CT molecular complexity index is 885. The SMILES string of the molecule is CC#CCO[C@H]1CN(C2CCCCC2)C[C@@H]1NC(=O)CCC(=O)c1cccc(C(F)(F)F)c1. The van der Waals surface area contributed by atoms with Gasteiger partial charge >= 0.3 is 6.18 Å². The summed E-state index contributed by atoms with van der Waals surface area (Å²) in [6.07, 6.45) is 1.03. The van der Waals surface area contributed by atoms with Crippen LogP contribution in [0.4, 0.5) is 13.2 Å². The lowest BCUT2D eigenvalue weighted by atomic mass is 9.94. The third-order valence-corrected chi connectivity index (χ3v) is 6.37. The summed E-state index contributed by atoms with van der Waals surface area (Å²) < 4.78 is 44.6. The molecule has 0 aromatic heterocycles. The number of ether oxygens (including phenoxy) is 1. The van der Waals surface area contributed by atoms with Gasteiger partial charge in [-0.2, -0.15) is 13.2 Å². The van der Waals surface area contributed by atoms with Crippen LogP contribution >= 0.6 is 0 Å². The highest BCUT2D eigenvalue weighted by Gasteiger charge is 2.38. The highest BCUT2D eigenvalue weighted by molar-refractivity contribution is 5.98. The summed E-state index contributed by atoms with van der Waals surface area (Å²) in [5.41, 5.74) is -0.914. The molecule has 1 aliphatic heterocycles. The maximum atomic E-state index is 12.9. The predicted molar refractivity (Wildman–Crippen MR) is 119 cm³/mol. The van der Waals surface area contributed by atoms with E-state index in [1.807, 2.05) is 0 Å². The number of ketones is 1. The fraction of sp³-hybridized carbons (Fsp3) is 0.600. The van der Waals surface area contributed by atoms with Crippen molar-refractivity contribution < 1.29 is 27.5 Å². The molecular formula is C25H31F3N2O3. The number of likely N-dealkylation sites (tertiary alicyclic amines) is 1. The zero-order chi connectivity index (χ0) is 23.8. The van der Waals surface area contributed by atoms with Crippen molar-refractivity contribution in [1.82, 2.24) is 10.2 Å². The Hall–Kier alpha value is -2.37. The van der Waals surface area contributed by atoms with Crippen molar-refractivity contribution in [3.05, 3.63) is 35.4 Å². The monoisotopic (exact) mass is 464 g/mol. The van der Waals surface area contributed by atoms with Crippen LogP contribution in [0.3, 0.4) is 0 Å². The number of alkyl halides is 3. The minimum Gasteiger partial charge on any atom is -0.362 e. The number of carbonyl (C=O) groups is 2. The van der Waals surface area contributed by atoms with Gasteiger partial charge in [0.2, 0.25) is 5.91 Å². The van der Waals surface area contributed by atoms with Crippen molar-refractivity contribution >= 4 is 11.7 Å². The second-order valence-corrected chi connectivity index (χ2v) is 8.70. The van der Waals surface area contributed by atoms with Crippen molar-refractivity contribution in [3.63, 3.8) is 0 Å². The van der Waals surface area contributed by atoms with Crippen molar-refractivity contribution in [3.8, 4) is 11.8 Å².